The van der Waals surface area contributed by atoms with Crippen molar-refractivity contribution in [1.82, 2.24) is 0 Å². The number of halogens is 1. The highest BCUT2D eigenvalue weighted by Crippen LogP contribution is 2.20. The van der Waals surface area contributed by atoms with Crippen LogP contribution in [0, 0.1) is 3.57 Å². The Balaban J connectivity index is 3.06. The number of ether oxygens (including phenoxy) is 3. The van der Waals surface area contributed by atoms with Gasteiger partial charge in [0.05, 0.1) is 13.2 Å². The van der Waals surface area contributed by atoms with E-state index in [9.17, 15) is 14.4 Å². The number of esters is 3. The van der Waals surface area contributed by atoms with Crippen molar-refractivity contribution >= 4 is 46.2 Å². The second kappa shape index (κ2) is 10.7. The monoisotopic (exact) mass is 461 g/mol. The molecule has 0 atom stereocenters. The third kappa shape index (κ3) is 7.12. The van der Waals surface area contributed by atoms with Gasteiger partial charge in [-0.05, 0) is 54.6 Å². The minimum atomic E-state index is -0.777. The van der Waals surface area contributed by atoms with Crippen molar-refractivity contribution in [2.45, 2.75) is 27.4 Å². The van der Waals surface area contributed by atoms with Crippen molar-refractivity contribution in [1.29, 1.82) is 0 Å². The Hall–Kier alpha value is -2.10. The van der Waals surface area contributed by atoms with Crippen LogP contribution in [0.4, 0.5) is 5.69 Å². The van der Waals surface area contributed by atoms with Crippen molar-refractivity contribution in [2.75, 3.05) is 18.5 Å². The van der Waals surface area contributed by atoms with Gasteiger partial charge in [-0.1, -0.05) is 0 Å². The Morgan fingerprint density at radius 2 is 1.68 bits per heavy atom. The maximum Gasteiger partial charge on any atom is 0.347 e. The van der Waals surface area contributed by atoms with E-state index in [1.807, 2.05) is 12.1 Å². The van der Waals surface area contributed by atoms with Gasteiger partial charge in [0.2, 0.25) is 0 Å². The highest BCUT2D eigenvalue weighted by molar-refractivity contribution is 14.1. The van der Waals surface area contributed by atoms with Gasteiger partial charge in [0.1, 0.15) is 6.61 Å². The Morgan fingerprint density at radius 1 is 1.08 bits per heavy atom. The van der Waals surface area contributed by atoms with E-state index in [-0.39, 0.29) is 25.4 Å². The van der Waals surface area contributed by atoms with Gasteiger partial charge in [-0.15, -0.1) is 0 Å². The molecule has 1 aromatic rings. The van der Waals surface area contributed by atoms with Gasteiger partial charge in [-0.2, -0.15) is 0 Å². The Labute approximate surface area is 159 Å². The smallest absolute Gasteiger partial charge is 0.347 e. The first-order valence-corrected chi connectivity index (χ1v) is 8.69. The maximum absolute atomic E-state index is 11.9. The number of anilines is 1. The molecule has 0 aliphatic heterocycles. The van der Waals surface area contributed by atoms with Crippen LogP contribution in [0.1, 0.15) is 26.3 Å². The number of rotatable bonds is 8. The molecule has 7 nitrogen and oxygen atoms in total. The summed E-state index contributed by atoms with van der Waals surface area (Å²) < 4.78 is 15.7. The molecule has 0 aromatic heterocycles. The first-order valence-electron chi connectivity index (χ1n) is 7.61. The van der Waals surface area contributed by atoms with Crippen molar-refractivity contribution in [3.8, 4) is 0 Å². The molecule has 0 fully saturated rings. The SMILES string of the molecule is CCOC(=O)C(=CNc1ccc(I)cc1COC(C)=O)C(=O)OCC. The number of hydrogen-bond donors (Lipinski definition) is 1. The van der Waals surface area contributed by atoms with E-state index in [1.54, 1.807) is 19.9 Å². The number of benzene rings is 1. The molecule has 8 heteroatoms. The fraction of sp³-hybridized carbons (Fsp3) is 0.353. The summed E-state index contributed by atoms with van der Waals surface area (Å²) in [6, 6.07) is 5.42. The molecule has 136 valence electrons. The minimum absolute atomic E-state index is 0.0660. The van der Waals surface area contributed by atoms with Crippen LogP contribution in [-0.4, -0.2) is 31.1 Å². The number of carbonyl (C=O) groups is 3. The Bertz CT molecular complexity index is 651. The fourth-order valence-corrected chi connectivity index (χ4v) is 2.33. The molecule has 0 saturated carbocycles. The summed E-state index contributed by atoms with van der Waals surface area (Å²) in [6.45, 7) is 4.94. The zero-order valence-corrected chi connectivity index (χ0v) is 16.4. The first-order chi connectivity index (χ1) is 11.9. The zero-order valence-electron chi connectivity index (χ0n) is 14.3. The standard InChI is InChI=1S/C17H20INO6/c1-4-23-16(21)14(17(22)24-5-2)9-19-15-7-6-13(18)8-12(15)10-25-11(3)20/h6-9,19H,4-5,10H2,1-3H3. The van der Waals surface area contributed by atoms with Gasteiger partial charge in [0, 0.05) is 27.9 Å². The molecule has 0 amide bonds. The molecule has 1 aromatic carbocycles. The molecular weight excluding hydrogens is 441 g/mol. The Kier molecular flexibility index (Phi) is 8.96. The van der Waals surface area contributed by atoms with Crippen LogP contribution in [0.3, 0.4) is 0 Å². The summed E-state index contributed by atoms with van der Waals surface area (Å²) in [5.41, 5.74) is 1.04. The average molecular weight is 461 g/mol. The molecule has 1 rings (SSSR count). The lowest BCUT2D eigenvalue weighted by molar-refractivity contribution is -0.146. The summed E-state index contributed by atoms with van der Waals surface area (Å²) in [5, 5.41) is 2.88. The van der Waals surface area contributed by atoms with Gasteiger partial charge in [-0.25, -0.2) is 9.59 Å². The predicted octanol–water partition coefficient (Wildman–Crippen LogP) is 2.78. The lowest BCUT2D eigenvalue weighted by atomic mass is 10.2. The van der Waals surface area contributed by atoms with Gasteiger partial charge in [0.15, 0.2) is 5.57 Å². The van der Waals surface area contributed by atoms with Crippen LogP contribution in [0.2, 0.25) is 0 Å². The van der Waals surface area contributed by atoms with Crippen molar-refractivity contribution in [3.05, 3.63) is 39.1 Å². The molecule has 0 heterocycles. The summed E-state index contributed by atoms with van der Waals surface area (Å²) in [6.07, 6.45) is 1.23. The third-order valence-corrected chi connectivity index (χ3v) is 3.53. The molecule has 0 unspecified atom stereocenters. The fourth-order valence-electron chi connectivity index (χ4n) is 1.77. The summed E-state index contributed by atoms with van der Waals surface area (Å²) >= 11 is 2.13. The molecule has 0 saturated heterocycles. The first kappa shape index (κ1) is 20.9. The lowest BCUT2D eigenvalue weighted by Crippen LogP contribution is -2.19. The average Bonchev–Trinajstić information content (AvgIpc) is 2.55. The summed E-state index contributed by atoms with van der Waals surface area (Å²) in [7, 11) is 0. The van der Waals surface area contributed by atoms with E-state index >= 15 is 0 Å². The minimum Gasteiger partial charge on any atom is -0.462 e. The molecule has 0 aliphatic carbocycles. The van der Waals surface area contributed by atoms with Gasteiger partial charge < -0.3 is 19.5 Å². The summed E-state index contributed by atoms with van der Waals surface area (Å²) in [5.74, 6) is -1.96. The maximum atomic E-state index is 11.9. The topological polar surface area (TPSA) is 90.9 Å². The van der Waals surface area contributed by atoms with Gasteiger partial charge in [0.25, 0.3) is 0 Å². The van der Waals surface area contributed by atoms with Crippen LogP contribution in [0.15, 0.2) is 30.0 Å². The van der Waals surface area contributed by atoms with Crippen LogP contribution in [0.5, 0.6) is 0 Å². The van der Waals surface area contributed by atoms with Crippen LogP contribution >= 0.6 is 22.6 Å². The largest absolute Gasteiger partial charge is 0.462 e. The van der Waals surface area contributed by atoms with Crippen LogP contribution in [0.25, 0.3) is 0 Å². The van der Waals surface area contributed by atoms with Gasteiger partial charge in [-0.3, -0.25) is 4.79 Å². The summed E-state index contributed by atoms with van der Waals surface area (Å²) in [4.78, 5) is 34.9. The number of nitrogens with one attached hydrogen (secondary N) is 1. The lowest BCUT2D eigenvalue weighted by Gasteiger charge is -2.12. The molecule has 0 radical (unpaired) electrons. The highest BCUT2D eigenvalue weighted by Gasteiger charge is 2.21. The number of carbonyl (C=O) groups excluding carboxylic acids is 3. The third-order valence-electron chi connectivity index (χ3n) is 2.86. The second-order valence-corrected chi connectivity index (χ2v) is 5.97. The predicted molar refractivity (Wildman–Crippen MR) is 99.6 cm³/mol. The molecule has 0 aliphatic rings. The second-order valence-electron chi connectivity index (χ2n) is 4.73. The van der Waals surface area contributed by atoms with E-state index in [0.29, 0.717) is 11.3 Å². The zero-order chi connectivity index (χ0) is 18.8. The molecule has 1 N–H and O–H groups in total. The van der Waals surface area contributed by atoms with Crippen LogP contribution < -0.4 is 5.32 Å². The van der Waals surface area contributed by atoms with Gasteiger partial charge >= 0.3 is 17.9 Å². The van der Waals surface area contributed by atoms with Crippen molar-refractivity contribution in [3.63, 3.8) is 0 Å². The molecule has 0 bridgehead atoms. The normalized spacial score (nSPS) is 9.76. The quantitative estimate of drug-likeness (QED) is 0.159. The van der Waals surface area contributed by atoms with Crippen molar-refractivity contribution < 1.29 is 28.6 Å². The molecular formula is C17H20INO6. The van der Waals surface area contributed by atoms with E-state index in [4.69, 9.17) is 14.2 Å². The van der Waals surface area contributed by atoms with E-state index < -0.39 is 17.9 Å². The van der Waals surface area contributed by atoms with E-state index in [1.165, 1.54) is 13.1 Å². The molecule has 0 spiro atoms. The Morgan fingerprint density at radius 3 is 2.20 bits per heavy atom. The van der Waals surface area contributed by atoms with Crippen LogP contribution in [-0.2, 0) is 35.2 Å². The van der Waals surface area contributed by atoms with E-state index in [2.05, 4.69) is 27.9 Å². The molecule has 25 heavy (non-hydrogen) atoms. The van der Waals surface area contributed by atoms with Crippen molar-refractivity contribution in [2.24, 2.45) is 0 Å². The number of hydrogen-bond acceptors (Lipinski definition) is 7. The van der Waals surface area contributed by atoms with E-state index in [0.717, 1.165) is 3.57 Å². The highest BCUT2D eigenvalue weighted by atomic mass is 127.